The first-order chi connectivity index (χ1) is 11.6. The van der Waals surface area contributed by atoms with Gasteiger partial charge in [0.2, 0.25) is 5.91 Å². The minimum Gasteiger partial charge on any atom is -0.370 e. The molecule has 0 atom stereocenters. The summed E-state index contributed by atoms with van der Waals surface area (Å²) in [6.45, 7) is 4.38. The molecule has 2 heterocycles. The van der Waals surface area contributed by atoms with E-state index in [1.54, 1.807) is 29.4 Å². The van der Waals surface area contributed by atoms with Gasteiger partial charge in [-0.2, -0.15) is 0 Å². The fraction of sp³-hybridized carbons (Fsp3) is 0.278. The van der Waals surface area contributed by atoms with Crippen LogP contribution in [0.3, 0.4) is 0 Å². The lowest BCUT2D eigenvalue weighted by Crippen LogP contribution is -2.10. The number of hydrogen-bond donors (Lipinski definition) is 1. The number of carbonyl (C=O) groups is 1. The van der Waals surface area contributed by atoms with E-state index in [-0.39, 0.29) is 5.91 Å². The quantitative estimate of drug-likeness (QED) is 0.523. The van der Waals surface area contributed by atoms with Gasteiger partial charge in [-0.1, -0.05) is 38.1 Å². The minimum absolute atomic E-state index is 0.289. The normalized spacial score (nSPS) is 11.3. The highest BCUT2D eigenvalue weighted by molar-refractivity contribution is 7.99. The molecule has 2 N–H and O–H groups in total. The van der Waals surface area contributed by atoms with Crippen LogP contribution in [0.25, 0.3) is 21.3 Å². The maximum Gasteiger partial charge on any atom is 0.218 e. The molecule has 0 unspecified atom stereocenters. The van der Waals surface area contributed by atoms with Gasteiger partial charge in [-0.15, -0.1) is 23.1 Å². The van der Waals surface area contributed by atoms with Crippen molar-refractivity contribution in [1.82, 2.24) is 9.97 Å². The van der Waals surface area contributed by atoms with E-state index < -0.39 is 0 Å². The number of rotatable bonds is 6. The van der Waals surface area contributed by atoms with Crippen LogP contribution in [-0.2, 0) is 4.79 Å². The van der Waals surface area contributed by atoms with Gasteiger partial charge in [-0.3, -0.25) is 4.79 Å². The fourth-order valence-electron chi connectivity index (χ4n) is 2.47. The maximum absolute atomic E-state index is 11.0. The number of hydrogen-bond acceptors (Lipinski definition) is 5. The number of aromatic nitrogens is 2. The fourth-order valence-corrected chi connectivity index (χ4v) is 4.42. The van der Waals surface area contributed by atoms with Crippen molar-refractivity contribution in [2.24, 2.45) is 5.73 Å². The molecule has 0 radical (unpaired) electrons. The van der Waals surface area contributed by atoms with E-state index in [1.807, 2.05) is 0 Å². The van der Waals surface area contributed by atoms with Crippen molar-refractivity contribution in [2.45, 2.75) is 31.2 Å². The monoisotopic (exact) mass is 357 g/mol. The first-order valence-electron chi connectivity index (χ1n) is 7.80. The third-order valence-electron chi connectivity index (χ3n) is 3.81. The smallest absolute Gasteiger partial charge is 0.218 e. The third-order valence-corrected chi connectivity index (χ3v) is 5.69. The Labute approximate surface area is 149 Å². The lowest BCUT2D eigenvalue weighted by molar-refractivity contribution is -0.117. The lowest BCUT2D eigenvalue weighted by atomic mass is 9.99. The Balaban J connectivity index is 1.97. The lowest BCUT2D eigenvalue weighted by Gasteiger charge is -2.08. The highest BCUT2D eigenvalue weighted by Crippen LogP contribution is 2.38. The number of thiophene rings is 1. The second kappa shape index (κ2) is 7.32. The molecule has 3 aromatic rings. The molecule has 2 aromatic heterocycles. The largest absolute Gasteiger partial charge is 0.370 e. The van der Waals surface area contributed by atoms with E-state index in [4.69, 9.17) is 5.73 Å². The summed E-state index contributed by atoms with van der Waals surface area (Å²) in [6, 6.07) is 8.66. The molecule has 1 aromatic carbocycles. The zero-order valence-corrected chi connectivity index (χ0v) is 15.3. The molecule has 0 saturated carbocycles. The number of nitrogens with two attached hydrogens (primary N) is 1. The van der Waals surface area contributed by atoms with Crippen molar-refractivity contribution in [3.8, 4) is 11.1 Å². The number of nitrogens with zero attached hydrogens (tertiary/aromatic N) is 2. The Kier molecular flexibility index (Phi) is 5.16. The van der Waals surface area contributed by atoms with Gasteiger partial charge in [0.25, 0.3) is 0 Å². The maximum atomic E-state index is 11.0. The Morgan fingerprint density at radius 2 is 2.00 bits per heavy atom. The first-order valence-corrected chi connectivity index (χ1v) is 9.66. The SMILES string of the molecule is CC(C)c1ccc(-c2csc3ncnc(SCCC(N)=O)c23)cc1. The van der Waals surface area contributed by atoms with E-state index in [2.05, 4.69) is 53.5 Å². The van der Waals surface area contributed by atoms with Crippen molar-refractivity contribution in [3.05, 3.63) is 41.5 Å². The Morgan fingerprint density at radius 1 is 1.25 bits per heavy atom. The van der Waals surface area contributed by atoms with Gasteiger partial charge in [0.15, 0.2) is 0 Å². The summed E-state index contributed by atoms with van der Waals surface area (Å²) in [5, 5.41) is 4.10. The summed E-state index contributed by atoms with van der Waals surface area (Å²) >= 11 is 3.17. The Hall–Kier alpha value is -1.92. The molecule has 0 aliphatic rings. The van der Waals surface area contributed by atoms with Crippen molar-refractivity contribution >= 4 is 39.2 Å². The van der Waals surface area contributed by atoms with Gasteiger partial charge < -0.3 is 5.73 Å². The molecule has 1 amide bonds. The predicted molar refractivity (Wildman–Crippen MR) is 101 cm³/mol. The Bertz CT molecular complexity index is 856. The zero-order valence-electron chi connectivity index (χ0n) is 13.7. The average molecular weight is 358 g/mol. The van der Waals surface area contributed by atoms with Gasteiger partial charge in [-0.05, 0) is 17.0 Å². The molecule has 3 rings (SSSR count). The molecule has 124 valence electrons. The standard InChI is InChI=1S/C18H19N3OS2/c1-11(2)12-3-5-13(6-4-12)14-9-24-18-16(14)17(20-10-21-18)23-8-7-15(19)22/h3-6,9-11H,7-8H2,1-2H3,(H2,19,22). The van der Waals surface area contributed by atoms with Crippen LogP contribution >= 0.6 is 23.1 Å². The van der Waals surface area contributed by atoms with E-state index in [9.17, 15) is 4.79 Å². The van der Waals surface area contributed by atoms with Crippen LogP contribution in [0.4, 0.5) is 0 Å². The van der Waals surface area contributed by atoms with Gasteiger partial charge >= 0.3 is 0 Å². The molecule has 0 spiro atoms. The second-order valence-electron chi connectivity index (χ2n) is 5.85. The van der Waals surface area contributed by atoms with Gasteiger partial charge in [0.1, 0.15) is 16.2 Å². The molecule has 4 nitrogen and oxygen atoms in total. The van der Waals surface area contributed by atoms with Crippen LogP contribution in [0.15, 0.2) is 41.0 Å². The summed E-state index contributed by atoms with van der Waals surface area (Å²) < 4.78 is 0. The zero-order chi connectivity index (χ0) is 17.1. The number of carbonyl (C=O) groups excluding carboxylic acids is 1. The summed E-state index contributed by atoms with van der Waals surface area (Å²) in [4.78, 5) is 20.7. The predicted octanol–water partition coefficient (Wildman–Crippen LogP) is 4.45. The summed E-state index contributed by atoms with van der Waals surface area (Å²) in [6.07, 6.45) is 1.93. The van der Waals surface area contributed by atoms with Gasteiger partial charge in [0.05, 0.1) is 5.39 Å². The highest BCUT2D eigenvalue weighted by Gasteiger charge is 2.14. The molecule has 24 heavy (non-hydrogen) atoms. The molecule has 0 aliphatic carbocycles. The third kappa shape index (κ3) is 3.60. The molecule has 6 heteroatoms. The van der Waals surface area contributed by atoms with Crippen LogP contribution in [0.2, 0.25) is 0 Å². The summed E-state index contributed by atoms with van der Waals surface area (Å²) in [5.74, 6) is 0.854. The van der Waals surface area contributed by atoms with Crippen molar-refractivity contribution in [2.75, 3.05) is 5.75 Å². The van der Waals surface area contributed by atoms with Crippen molar-refractivity contribution in [1.29, 1.82) is 0 Å². The molecule has 0 bridgehead atoms. The van der Waals surface area contributed by atoms with Crippen LogP contribution in [-0.4, -0.2) is 21.6 Å². The summed E-state index contributed by atoms with van der Waals surface area (Å²) in [5.41, 5.74) is 8.86. The van der Waals surface area contributed by atoms with Crippen LogP contribution < -0.4 is 5.73 Å². The highest BCUT2D eigenvalue weighted by atomic mass is 32.2. The topological polar surface area (TPSA) is 68.9 Å². The molecule has 0 saturated heterocycles. The minimum atomic E-state index is -0.289. The number of fused-ring (bicyclic) bond motifs is 1. The van der Waals surface area contributed by atoms with E-state index in [0.717, 1.165) is 26.4 Å². The number of primary amides is 1. The van der Waals surface area contributed by atoms with Crippen LogP contribution in [0, 0.1) is 0 Å². The van der Waals surface area contributed by atoms with Crippen LogP contribution in [0.5, 0.6) is 0 Å². The van der Waals surface area contributed by atoms with Crippen molar-refractivity contribution < 1.29 is 4.79 Å². The molecule has 0 fully saturated rings. The van der Waals surface area contributed by atoms with E-state index >= 15 is 0 Å². The number of thioether (sulfide) groups is 1. The number of benzene rings is 1. The number of amides is 1. The summed E-state index contributed by atoms with van der Waals surface area (Å²) in [7, 11) is 0. The van der Waals surface area contributed by atoms with Gasteiger partial charge in [0, 0.05) is 23.1 Å². The van der Waals surface area contributed by atoms with E-state index in [1.165, 1.54) is 5.56 Å². The first kappa shape index (κ1) is 16.9. The van der Waals surface area contributed by atoms with Gasteiger partial charge in [-0.25, -0.2) is 9.97 Å². The molecular formula is C18H19N3OS2. The Morgan fingerprint density at radius 3 is 2.67 bits per heavy atom. The van der Waals surface area contributed by atoms with Crippen LogP contribution in [0.1, 0.15) is 31.7 Å². The van der Waals surface area contributed by atoms with Crippen molar-refractivity contribution in [3.63, 3.8) is 0 Å². The van der Waals surface area contributed by atoms with E-state index in [0.29, 0.717) is 18.1 Å². The average Bonchev–Trinajstić information content (AvgIpc) is 2.99. The second-order valence-corrected chi connectivity index (χ2v) is 7.79. The molecular weight excluding hydrogens is 338 g/mol. The molecule has 0 aliphatic heterocycles.